The van der Waals surface area contributed by atoms with E-state index in [2.05, 4.69) is 26.5 Å². The second-order valence-corrected chi connectivity index (χ2v) is 10.6. The molecular formula is C30H30ClF2N5O3. The first kappa shape index (κ1) is 28.9. The molecule has 3 N–H and O–H groups in total. The SMILES string of the molecule is C#Cc1cccc(C2(NC[C@@H](O)[C@H](Cc3cc(F)cc(F)c3)NC(=O)c3cc(N4CCOCC4)nc(Cl)n3)CC2)c1. The number of nitrogens with zero attached hydrogens (tertiary/aromatic N) is 3. The normalized spacial score (nSPS) is 17.4. The smallest absolute Gasteiger partial charge is 0.270 e. The van der Waals surface area contributed by atoms with Crippen molar-refractivity contribution in [2.45, 2.75) is 36.9 Å². The molecule has 2 aromatic carbocycles. The quantitative estimate of drug-likeness (QED) is 0.250. The van der Waals surface area contributed by atoms with Crippen LogP contribution in [-0.2, 0) is 16.7 Å². The van der Waals surface area contributed by atoms with Crippen LogP contribution in [0.1, 0.15) is 40.0 Å². The maximum atomic E-state index is 14.0. The summed E-state index contributed by atoms with van der Waals surface area (Å²) in [5, 5.41) is 17.4. The van der Waals surface area contributed by atoms with Crippen LogP contribution >= 0.6 is 11.6 Å². The lowest BCUT2D eigenvalue weighted by Crippen LogP contribution is -2.50. The standard InChI is InChI=1S/C30H30ClF2N5O3/c1-2-19-4-3-5-21(12-19)30(6-7-30)34-18-26(39)24(15-20-13-22(32)16-23(33)14-20)35-28(40)25-17-27(37-29(31)36-25)38-8-10-41-11-9-38/h1,3-5,12-14,16-17,24,26,34,39H,6-11,15,18H2,(H,35,40)/t24-,26+/m0/s1. The second-order valence-electron chi connectivity index (χ2n) is 10.3. The molecule has 2 aliphatic rings. The first-order valence-electron chi connectivity index (χ1n) is 13.4. The van der Waals surface area contributed by atoms with E-state index in [1.54, 1.807) is 0 Å². The van der Waals surface area contributed by atoms with Gasteiger partial charge in [0.15, 0.2) is 0 Å². The van der Waals surface area contributed by atoms with Crippen molar-refractivity contribution < 1.29 is 23.4 Å². The van der Waals surface area contributed by atoms with Gasteiger partial charge in [-0.25, -0.2) is 18.7 Å². The van der Waals surface area contributed by atoms with E-state index < -0.39 is 29.7 Å². The number of carbonyl (C=O) groups is 1. The summed E-state index contributed by atoms with van der Waals surface area (Å²) in [6.07, 6.45) is 6.12. The Bertz CT molecular complexity index is 1440. The Morgan fingerprint density at radius 1 is 1.15 bits per heavy atom. The molecular weight excluding hydrogens is 552 g/mol. The number of benzene rings is 2. The minimum absolute atomic E-state index is 0.00633. The molecule has 41 heavy (non-hydrogen) atoms. The fourth-order valence-electron chi connectivity index (χ4n) is 5.03. The Hall–Kier alpha value is -3.62. The molecule has 0 bridgehead atoms. The van der Waals surface area contributed by atoms with Gasteiger partial charge in [0.05, 0.1) is 25.4 Å². The van der Waals surface area contributed by atoms with E-state index in [9.17, 15) is 18.7 Å². The molecule has 1 amide bonds. The third-order valence-electron chi connectivity index (χ3n) is 7.39. The first-order valence-corrected chi connectivity index (χ1v) is 13.8. The van der Waals surface area contributed by atoms with Gasteiger partial charge < -0.3 is 25.4 Å². The number of terminal acetylenes is 1. The molecule has 1 saturated heterocycles. The minimum Gasteiger partial charge on any atom is -0.390 e. The first-order chi connectivity index (χ1) is 19.7. The predicted octanol–water partition coefficient (Wildman–Crippen LogP) is 3.21. The Labute approximate surface area is 242 Å². The van der Waals surface area contributed by atoms with Crippen molar-refractivity contribution in [2.24, 2.45) is 0 Å². The number of amides is 1. The molecule has 0 unspecified atom stereocenters. The fraction of sp³-hybridized carbons (Fsp3) is 0.367. The molecule has 0 spiro atoms. The molecule has 1 aromatic heterocycles. The number of hydrogen-bond donors (Lipinski definition) is 3. The van der Waals surface area contributed by atoms with E-state index in [1.165, 1.54) is 18.2 Å². The summed E-state index contributed by atoms with van der Waals surface area (Å²) in [4.78, 5) is 23.6. The van der Waals surface area contributed by atoms with Crippen LogP contribution in [0.15, 0.2) is 48.5 Å². The van der Waals surface area contributed by atoms with E-state index in [-0.39, 0.29) is 35.0 Å². The van der Waals surface area contributed by atoms with Gasteiger partial charge >= 0.3 is 0 Å². The topological polar surface area (TPSA) is 99.6 Å². The lowest BCUT2D eigenvalue weighted by molar-refractivity contribution is 0.0817. The molecule has 3 aromatic rings. The van der Waals surface area contributed by atoms with Gasteiger partial charge in [0.1, 0.15) is 23.1 Å². The third kappa shape index (κ3) is 7.18. The lowest BCUT2D eigenvalue weighted by atomic mass is 9.98. The van der Waals surface area contributed by atoms with Gasteiger partial charge in [-0.15, -0.1) is 6.42 Å². The van der Waals surface area contributed by atoms with Crippen LogP contribution in [0.2, 0.25) is 5.28 Å². The van der Waals surface area contributed by atoms with Gasteiger partial charge in [0.25, 0.3) is 5.91 Å². The number of carbonyl (C=O) groups excluding carboxylic acids is 1. The van der Waals surface area contributed by atoms with Crippen molar-refractivity contribution in [3.8, 4) is 12.3 Å². The maximum absolute atomic E-state index is 14.0. The molecule has 0 radical (unpaired) electrons. The summed E-state index contributed by atoms with van der Waals surface area (Å²) in [7, 11) is 0. The van der Waals surface area contributed by atoms with Crippen LogP contribution in [-0.4, -0.2) is 66.0 Å². The molecule has 1 aliphatic carbocycles. The summed E-state index contributed by atoms with van der Waals surface area (Å²) in [5.41, 5.74) is 1.71. The van der Waals surface area contributed by atoms with Crippen molar-refractivity contribution in [1.29, 1.82) is 0 Å². The summed E-state index contributed by atoms with van der Waals surface area (Å²) < 4.78 is 33.3. The number of aliphatic hydroxyl groups is 1. The molecule has 214 valence electrons. The summed E-state index contributed by atoms with van der Waals surface area (Å²) in [6, 6.07) is 11.4. The van der Waals surface area contributed by atoms with Crippen molar-refractivity contribution in [2.75, 3.05) is 37.7 Å². The van der Waals surface area contributed by atoms with Crippen molar-refractivity contribution >= 4 is 23.3 Å². The Morgan fingerprint density at radius 2 is 1.88 bits per heavy atom. The highest BCUT2D eigenvalue weighted by Crippen LogP contribution is 2.45. The zero-order valence-corrected chi connectivity index (χ0v) is 23.0. The molecule has 2 heterocycles. The number of rotatable bonds is 10. The fourth-order valence-corrected chi connectivity index (χ4v) is 5.20. The number of hydrogen-bond acceptors (Lipinski definition) is 7. The molecule has 5 rings (SSSR count). The van der Waals surface area contributed by atoms with Crippen LogP contribution < -0.4 is 15.5 Å². The van der Waals surface area contributed by atoms with Gasteiger partial charge in [-0.2, -0.15) is 0 Å². The summed E-state index contributed by atoms with van der Waals surface area (Å²) in [6.45, 7) is 2.30. The van der Waals surface area contributed by atoms with E-state index in [1.807, 2.05) is 29.2 Å². The van der Waals surface area contributed by atoms with Crippen LogP contribution in [0.25, 0.3) is 0 Å². The highest BCUT2D eigenvalue weighted by molar-refractivity contribution is 6.28. The molecule has 1 aliphatic heterocycles. The Morgan fingerprint density at radius 3 is 2.56 bits per heavy atom. The van der Waals surface area contributed by atoms with E-state index >= 15 is 0 Å². The van der Waals surface area contributed by atoms with Crippen LogP contribution in [0.3, 0.4) is 0 Å². The van der Waals surface area contributed by atoms with Crippen molar-refractivity contribution in [1.82, 2.24) is 20.6 Å². The van der Waals surface area contributed by atoms with Crippen LogP contribution in [0, 0.1) is 24.0 Å². The average Bonchev–Trinajstić information content (AvgIpc) is 3.76. The third-order valence-corrected chi connectivity index (χ3v) is 7.56. The molecule has 8 nitrogen and oxygen atoms in total. The molecule has 1 saturated carbocycles. The molecule has 2 atom stereocenters. The number of nitrogens with one attached hydrogen (secondary N) is 2. The summed E-state index contributed by atoms with van der Waals surface area (Å²) in [5.74, 6) is 1.02. The Kier molecular flexibility index (Phi) is 8.80. The average molecular weight is 582 g/mol. The van der Waals surface area contributed by atoms with Crippen LogP contribution in [0.4, 0.5) is 14.6 Å². The number of ether oxygens (including phenoxy) is 1. The highest BCUT2D eigenvalue weighted by atomic mass is 35.5. The maximum Gasteiger partial charge on any atom is 0.270 e. The second kappa shape index (κ2) is 12.5. The zero-order valence-electron chi connectivity index (χ0n) is 22.2. The highest BCUT2D eigenvalue weighted by Gasteiger charge is 2.44. The number of anilines is 1. The van der Waals surface area contributed by atoms with Gasteiger partial charge in [0.2, 0.25) is 5.28 Å². The largest absolute Gasteiger partial charge is 0.390 e. The van der Waals surface area contributed by atoms with Gasteiger partial charge in [0, 0.05) is 42.9 Å². The monoisotopic (exact) mass is 581 g/mol. The van der Waals surface area contributed by atoms with E-state index in [4.69, 9.17) is 22.8 Å². The van der Waals surface area contributed by atoms with Gasteiger partial charge in [-0.1, -0.05) is 18.1 Å². The minimum atomic E-state index is -1.12. The van der Waals surface area contributed by atoms with E-state index in [0.717, 1.165) is 30.0 Å². The van der Waals surface area contributed by atoms with E-state index in [0.29, 0.717) is 32.1 Å². The number of aromatic nitrogens is 2. The van der Waals surface area contributed by atoms with Crippen LogP contribution in [0.5, 0.6) is 0 Å². The van der Waals surface area contributed by atoms with Crippen molar-refractivity contribution in [3.05, 3.63) is 87.8 Å². The van der Waals surface area contributed by atoms with Gasteiger partial charge in [-0.05, 0) is 66.3 Å². The molecule has 2 fully saturated rings. The molecule has 11 heteroatoms. The van der Waals surface area contributed by atoms with Crippen molar-refractivity contribution in [3.63, 3.8) is 0 Å². The number of halogens is 3. The zero-order chi connectivity index (χ0) is 29.0. The summed E-state index contributed by atoms with van der Waals surface area (Å²) >= 11 is 6.15. The number of aliphatic hydroxyl groups excluding tert-OH is 1. The lowest BCUT2D eigenvalue weighted by Gasteiger charge is -2.28. The number of morpholine rings is 1. The Balaban J connectivity index is 1.34. The predicted molar refractivity (Wildman–Crippen MR) is 151 cm³/mol. The van der Waals surface area contributed by atoms with Gasteiger partial charge in [-0.3, -0.25) is 4.79 Å².